The van der Waals surface area contributed by atoms with E-state index < -0.39 is 24.7 Å². The zero-order chi connectivity index (χ0) is 30.5. The first-order valence-electron chi connectivity index (χ1n) is 16.2. The van der Waals surface area contributed by atoms with Crippen LogP contribution < -0.4 is 5.73 Å². The minimum atomic E-state index is -0.534. The summed E-state index contributed by atoms with van der Waals surface area (Å²) in [5.41, 5.74) is 7.35. The Kier molecular flexibility index (Phi) is 10.5. The molecule has 3 atom stereocenters. The SMILES string of the molecule is CCCOC(=O)c1cc2cc(CC(=O)[C@@H]3[C@H](C4CCC(OC)CC4)CCN3C(=O)C3CCC([C@H](N)CF)CC3)ccc2o1. The lowest BCUT2D eigenvalue weighted by Gasteiger charge is -2.37. The molecule has 43 heavy (non-hydrogen) atoms. The maximum absolute atomic E-state index is 14.2. The van der Waals surface area contributed by atoms with Crippen LogP contribution in [-0.2, 0) is 25.5 Å². The van der Waals surface area contributed by atoms with E-state index in [1.165, 1.54) is 0 Å². The summed E-state index contributed by atoms with van der Waals surface area (Å²) >= 11 is 0. The first-order chi connectivity index (χ1) is 20.8. The predicted octanol–water partition coefficient (Wildman–Crippen LogP) is 5.64. The number of benzene rings is 1. The summed E-state index contributed by atoms with van der Waals surface area (Å²) in [4.78, 5) is 42.3. The molecule has 2 aliphatic carbocycles. The first-order valence-corrected chi connectivity index (χ1v) is 16.2. The summed E-state index contributed by atoms with van der Waals surface area (Å²) in [7, 11) is 1.76. The van der Waals surface area contributed by atoms with Gasteiger partial charge in [0.1, 0.15) is 12.3 Å². The third kappa shape index (κ3) is 7.14. The Morgan fingerprint density at radius 1 is 1.05 bits per heavy atom. The van der Waals surface area contributed by atoms with Gasteiger partial charge < -0.3 is 24.5 Å². The van der Waals surface area contributed by atoms with Gasteiger partial charge in [-0.25, -0.2) is 9.18 Å². The summed E-state index contributed by atoms with van der Waals surface area (Å²) in [6.45, 7) is 2.32. The fourth-order valence-corrected chi connectivity index (χ4v) is 7.75. The normalized spacial score (nSPS) is 28.6. The average molecular weight is 599 g/mol. The third-order valence-electron chi connectivity index (χ3n) is 10.2. The molecule has 1 saturated heterocycles. The van der Waals surface area contributed by atoms with Crippen LogP contribution in [0.1, 0.15) is 87.3 Å². The highest BCUT2D eigenvalue weighted by Crippen LogP contribution is 2.42. The topological polar surface area (TPSA) is 112 Å². The van der Waals surface area contributed by atoms with Crippen LogP contribution in [0.15, 0.2) is 28.7 Å². The number of Topliss-reactive ketones (excluding diaryl/α,β-unsaturated/α-hetero) is 1. The van der Waals surface area contributed by atoms with Gasteiger partial charge in [-0.15, -0.1) is 0 Å². The number of alkyl halides is 1. The number of amides is 1. The van der Waals surface area contributed by atoms with Crippen molar-refractivity contribution in [2.75, 3.05) is 26.9 Å². The Balaban J connectivity index is 1.32. The molecule has 3 fully saturated rings. The summed E-state index contributed by atoms with van der Waals surface area (Å²) in [6, 6.07) is 6.28. The minimum Gasteiger partial charge on any atom is -0.460 e. The van der Waals surface area contributed by atoms with Gasteiger partial charge >= 0.3 is 5.97 Å². The molecule has 1 aromatic heterocycles. The molecular weight excluding hydrogens is 551 g/mol. The van der Waals surface area contributed by atoms with Crippen LogP contribution in [0.5, 0.6) is 0 Å². The van der Waals surface area contributed by atoms with Crippen LogP contribution in [0.4, 0.5) is 4.39 Å². The number of furan rings is 1. The zero-order valence-corrected chi connectivity index (χ0v) is 25.6. The molecule has 0 bridgehead atoms. The second-order valence-corrected chi connectivity index (χ2v) is 12.9. The fraction of sp³-hybridized carbons (Fsp3) is 0.676. The van der Waals surface area contributed by atoms with Gasteiger partial charge in [0.05, 0.1) is 18.8 Å². The molecule has 0 spiro atoms. The number of hydrogen-bond acceptors (Lipinski definition) is 7. The fourth-order valence-electron chi connectivity index (χ4n) is 7.75. The van der Waals surface area contributed by atoms with E-state index in [1.807, 2.05) is 24.0 Å². The van der Waals surface area contributed by atoms with Gasteiger partial charge in [0.25, 0.3) is 0 Å². The minimum absolute atomic E-state index is 0.0586. The second-order valence-electron chi connectivity index (χ2n) is 12.9. The van der Waals surface area contributed by atoms with Crippen LogP contribution in [0.3, 0.4) is 0 Å². The molecule has 0 unspecified atom stereocenters. The Labute approximate surface area is 253 Å². The summed E-state index contributed by atoms with van der Waals surface area (Å²) < 4.78 is 29.7. The molecule has 9 heteroatoms. The maximum atomic E-state index is 14.2. The van der Waals surface area contributed by atoms with E-state index in [0.717, 1.165) is 62.3 Å². The lowest BCUT2D eigenvalue weighted by Crippen LogP contribution is -2.48. The van der Waals surface area contributed by atoms with Crippen LogP contribution >= 0.6 is 0 Å². The van der Waals surface area contributed by atoms with Gasteiger partial charge in [0.2, 0.25) is 11.7 Å². The van der Waals surface area contributed by atoms with Gasteiger partial charge in [-0.1, -0.05) is 13.0 Å². The number of esters is 1. The standard InChI is InChI=1S/C34H47FN2O6/c1-3-16-42-34(40)31-19-25-17-21(4-13-30(25)43-31)18-29(38)32-27(22-9-11-26(41-2)12-10-22)14-15-37(32)33(39)24-7-5-23(6-8-24)28(36)20-35/h4,13,17,19,22-24,26-28,32H,3,5-12,14-16,18,20,36H2,1-2H3/t22?,23?,24?,26?,27-,28+,32-/m0/s1. The van der Waals surface area contributed by atoms with Crippen molar-refractivity contribution in [3.05, 3.63) is 35.6 Å². The lowest BCUT2D eigenvalue weighted by atomic mass is 9.74. The predicted molar refractivity (Wildman–Crippen MR) is 161 cm³/mol. The summed E-state index contributed by atoms with van der Waals surface area (Å²) in [6.07, 6.45) is 8.85. The van der Waals surface area contributed by atoms with Crippen molar-refractivity contribution in [2.24, 2.45) is 29.4 Å². The van der Waals surface area contributed by atoms with Crippen molar-refractivity contribution in [1.82, 2.24) is 4.90 Å². The van der Waals surface area contributed by atoms with E-state index in [1.54, 1.807) is 19.2 Å². The van der Waals surface area contributed by atoms with Gasteiger partial charge in [-0.2, -0.15) is 0 Å². The molecule has 8 nitrogen and oxygen atoms in total. The quantitative estimate of drug-likeness (QED) is 0.333. The number of halogens is 1. The molecule has 1 amide bonds. The van der Waals surface area contributed by atoms with Crippen molar-refractivity contribution in [3.8, 4) is 0 Å². The maximum Gasteiger partial charge on any atom is 0.374 e. The second kappa shape index (κ2) is 14.3. The van der Waals surface area contributed by atoms with E-state index in [9.17, 15) is 18.8 Å². The molecular formula is C34H47FN2O6. The molecule has 2 heterocycles. The Morgan fingerprint density at radius 3 is 2.47 bits per heavy atom. The highest BCUT2D eigenvalue weighted by atomic mass is 19.1. The van der Waals surface area contributed by atoms with Gasteiger partial charge in [-0.3, -0.25) is 9.59 Å². The van der Waals surface area contributed by atoms with Crippen molar-refractivity contribution in [2.45, 2.75) is 95.7 Å². The molecule has 3 aliphatic rings. The lowest BCUT2D eigenvalue weighted by molar-refractivity contribution is -0.143. The molecule has 1 aromatic carbocycles. The molecule has 2 aromatic rings. The highest BCUT2D eigenvalue weighted by Gasteiger charge is 2.47. The number of hydrogen-bond donors (Lipinski definition) is 1. The third-order valence-corrected chi connectivity index (χ3v) is 10.2. The van der Waals surface area contributed by atoms with Gasteiger partial charge in [-0.05, 0) is 106 Å². The van der Waals surface area contributed by atoms with Crippen LogP contribution in [0.2, 0.25) is 0 Å². The van der Waals surface area contributed by atoms with E-state index in [4.69, 9.17) is 19.6 Å². The van der Waals surface area contributed by atoms with Crippen molar-refractivity contribution < 1.29 is 32.7 Å². The molecule has 2 N–H and O–H groups in total. The van der Waals surface area contributed by atoms with Crippen LogP contribution in [0.25, 0.3) is 11.0 Å². The summed E-state index contributed by atoms with van der Waals surface area (Å²) in [5, 5.41) is 0.741. The number of nitrogens with zero attached hydrogens (tertiary/aromatic N) is 1. The number of nitrogens with two attached hydrogens (primary N) is 1. The van der Waals surface area contributed by atoms with Crippen molar-refractivity contribution in [1.29, 1.82) is 0 Å². The molecule has 236 valence electrons. The number of methoxy groups -OCH3 is 1. The zero-order valence-electron chi connectivity index (χ0n) is 25.6. The number of ketones is 1. The van der Waals surface area contributed by atoms with E-state index in [0.29, 0.717) is 37.5 Å². The number of rotatable bonds is 11. The molecule has 0 radical (unpaired) electrons. The Morgan fingerprint density at radius 2 is 1.79 bits per heavy atom. The van der Waals surface area contributed by atoms with E-state index in [2.05, 4.69) is 0 Å². The number of carbonyl (C=O) groups is 3. The van der Waals surface area contributed by atoms with Crippen molar-refractivity contribution in [3.63, 3.8) is 0 Å². The molecule has 2 saturated carbocycles. The molecule has 1 aliphatic heterocycles. The number of carbonyl (C=O) groups excluding carboxylic acids is 3. The number of fused-ring (bicyclic) bond motifs is 1. The monoisotopic (exact) mass is 598 g/mol. The van der Waals surface area contributed by atoms with Crippen LogP contribution in [0, 0.1) is 23.7 Å². The first kappa shape index (κ1) is 31.6. The van der Waals surface area contributed by atoms with Crippen molar-refractivity contribution >= 4 is 28.6 Å². The van der Waals surface area contributed by atoms with Crippen LogP contribution in [-0.4, -0.2) is 67.7 Å². The van der Waals surface area contributed by atoms with Gasteiger partial charge in [0, 0.05) is 37.4 Å². The average Bonchev–Trinajstić information content (AvgIpc) is 3.68. The number of ether oxygens (including phenoxy) is 2. The largest absolute Gasteiger partial charge is 0.460 e. The Bertz CT molecular complexity index is 1260. The Hall–Kier alpha value is -2.78. The highest BCUT2D eigenvalue weighted by molar-refractivity contribution is 5.94. The summed E-state index contributed by atoms with van der Waals surface area (Å²) in [5.74, 6) is 0.251. The van der Waals surface area contributed by atoms with E-state index in [-0.39, 0.29) is 47.7 Å². The number of likely N-dealkylation sites (tertiary alicyclic amines) is 1. The van der Waals surface area contributed by atoms with E-state index >= 15 is 0 Å². The molecule has 5 rings (SSSR count). The van der Waals surface area contributed by atoms with Gasteiger partial charge in [0.15, 0.2) is 5.78 Å². The smallest absolute Gasteiger partial charge is 0.374 e.